The van der Waals surface area contributed by atoms with Crippen molar-refractivity contribution in [3.63, 3.8) is 0 Å². The quantitative estimate of drug-likeness (QED) is 0.779. The van der Waals surface area contributed by atoms with Crippen LogP contribution in [0.25, 0.3) is 0 Å². The Morgan fingerprint density at radius 2 is 1.72 bits per heavy atom. The van der Waals surface area contributed by atoms with Gasteiger partial charge in [-0.25, -0.2) is 4.39 Å². The van der Waals surface area contributed by atoms with Gasteiger partial charge in [0.1, 0.15) is 5.82 Å². The van der Waals surface area contributed by atoms with Crippen molar-refractivity contribution >= 4 is 17.5 Å². The lowest BCUT2D eigenvalue weighted by molar-refractivity contribution is 0.0746. The highest BCUT2D eigenvalue weighted by molar-refractivity contribution is 6.09. The van der Waals surface area contributed by atoms with E-state index in [1.54, 1.807) is 18.2 Å². The van der Waals surface area contributed by atoms with Crippen molar-refractivity contribution in [2.75, 3.05) is 51.1 Å². The van der Waals surface area contributed by atoms with Gasteiger partial charge >= 0.3 is 0 Å². The van der Waals surface area contributed by atoms with Gasteiger partial charge in [0.2, 0.25) is 0 Å². The van der Waals surface area contributed by atoms with Crippen LogP contribution in [-0.2, 0) is 0 Å². The first-order valence-electron chi connectivity index (χ1n) is 11.4. The summed E-state index contributed by atoms with van der Waals surface area (Å²) in [7, 11) is 0. The summed E-state index contributed by atoms with van der Waals surface area (Å²) in [5, 5.41) is 2.78. The summed E-state index contributed by atoms with van der Waals surface area (Å²) in [5.74, 6) is -1.23. The summed E-state index contributed by atoms with van der Waals surface area (Å²) in [6.45, 7) is 10.7. The summed E-state index contributed by atoms with van der Waals surface area (Å²) in [5.41, 5.74) is 1.63. The van der Waals surface area contributed by atoms with Gasteiger partial charge in [-0.15, -0.1) is 0 Å². The Balaban J connectivity index is 1.47. The topological polar surface area (TPSA) is 55.9 Å². The number of aryl methyl sites for hydroxylation is 1. The van der Waals surface area contributed by atoms with Crippen LogP contribution in [0.3, 0.4) is 0 Å². The molecule has 2 aliphatic heterocycles. The molecule has 4 rings (SSSR count). The minimum Gasteiger partial charge on any atom is -0.337 e. The van der Waals surface area contributed by atoms with Crippen LogP contribution in [0.4, 0.5) is 10.1 Å². The number of nitrogens with one attached hydrogen (secondary N) is 1. The number of rotatable bonds is 5. The fourth-order valence-corrected chi connectivity index (χ4v) is 4.68. The number of nitrogens with zero attached hydrogens (tertiary/aromatic N) is 3. The first-order chi connectivity index (χ1) is 15.5. The van der Waals surface area contributed by atoms with Gasteiger partial charge < -0.3 is 15.1 Å². The summed E-state index contributed by atoms with van der Waals surface area (Å²) in [6, 6.07) is 11.6. The van der Waals surface area contributed by atoms with Crippen LogP contribution in [0.15, 0.2) is 42.5 Å². The van der Waals surface area contributed by atoms with Crippen LogP contribution in [-0.4, -0.2) is 78.4 Å². The van der Waals surface area contributed by atoms with Gasteiger partial charge in [0.15, 0.2) is 0 Å². The standard InChI is InChI=1S/C25H31FN4O2/c1-3-28-13-15-29(16-14-28)19-11-12-30(17-19)25(32)21-9-6-7-18(2)23(21)27-24(31)20-8-4-5-10-22(20)26/h4-10,19H,3,11-17H2,1-2H3,(H,27,31). The number of halogens is 1. The summed E-state index contributed by atoms with van der Waals surface area (Å²) >= 11 is 0. The molecule has 6 nitrogen and oxygen atoms in total. The number of para-hydroxylation sites is 1. The van der Waals surface area contributed by atoms with Crippen LogP contribution >= 0.6 is 0 Å². The Kier molecular flexibility index (Phi) is 6.86. The smallest absolute Gasteiger partial charge is 0.258 e. The Morgan fingerprint density at radius 1 is 1.00 bits per heavy atom. The maximum atomic E-state index is 14.1. The number of carbonyl (C=O) groups excluding carboxylic acids is 2. The zero-order chi connectivity index (χ0) is 22.7. The second-order valence-electron chi connectivity index (χ2n) is 8.60. The molecule has 2 aliphatic rings. The molecule has 2 aromatic carbocycles. The van der Waals surface area contributed by atoms with Crippen molar-refractivity contribution < 1.29 is 14.0 Å². The highest BCUT2D eigenvalue weighted by Gasteiger charge is 2.33. The molecule has 0 spiro atoms. The average molecular weight is 439 g/mol. The second-order valence-corrected chi connectivity index (χ2v) is 8.60. The number of hydrogen-bond donors (Lipinski definition) is 1. The molecule has 2 aromatic rings. The van der Waals surface area contributed by atoms with E-state index >= 15 is 0 Å². The first-order valence-corrected chi connectivity index (χ1v) is 11.4. The Labute approximate surface area is 189 Å². The Morgan fingerprint density at radius 3 is 2.44 bits per heavy atom. The summed E-state index contributed by atoms with van der Waals surface area (Å²) < 4.78 is 14.1. The SMILES string of the molecule is CCN1CCN(C2CCN(C(=O)c3cccc(C)c3NC(=O)c3ccccc3F)C2)CC1. The highest BCUT2D eigenvalue weighted by atomic mass is 19.1. The summed E-state index contributed by atoms with van der Waals surface area (Å²) in [6.07, 6.45) is 0.959. The zero-order valence-corrected chi connectivity index (χ0v) is 18.8. The molecule has 0 aromatic heterocycles. The fraction of sp³-hybridized carbons (Fsp3) is 0.440. The van der Waals surface area contributed by atoms with Gasteiger partial charge in [-0.2, -0.15) is 0 Å². The normalized spacial score (nSPS) is 19.8. The summed E-state index contributed by atoms with van der Waals surface area (Å²) in [4.78, 5) is 32.9. The van der Waals surface area contributed by atoms with Crippen LogP contribution in [0, 0.1) is 12.7 Å². The van der Waals surface area contributed by atoms with Crippen LogP contribution in [0.1, 0.15) is 39.6 Å². The molecule has 0 radical (unpaired) electrons. The number of hydrogen-bond acceptors (Lipinski definition) is 4. The highest BCUT2D eigenvalue weighted by Crippen LogP contribution is 2.26. The van der Waals surface area contributed by atoms with Gasteiger partial charge in [-0.1, -0.05) is 31.2 Å². The van der Waals surface area contributed by atoms with Crippen LogP contribution < -0.4 is 5.32 Å². The predicted molar refractivity (Wildman–Crippen MR) is 124 cm³/mol. The van der Waals surface area contributed by atoms with Gasteiger partial charge in [0, 0.05) is 45.3 Å². The number of likely N-dealkylation sites (N-methyl/N-ethyl adjacent to an activating group) is 1. The van der Waals surface area contributed by atoms with Crippen molar-refractivity contribution in [2.24, 2.45) is 0 Å². The Hall–Kier alpha value is -2.77. The molecule has 2 fully saturated rings. The average Bonchev–Trinajstić information content (AvgIpc) is 3.30. The van der Waals surface area contributed by atoms with Crippen molar-refractivity contribution in [1.29, 1.82) is 0 Å². The minimum atomic E-state index is -0.586. The third-order valence-electron chi connectivity index (χ3n) is 6.68. The van der Waals surface area contributed by atoms with Crippen molar-refractivity contribution in [2.45, 2.75) is 26.3 Å². The molecule has 7 heteroatoms. The van der Waals surface area contributed by atoms with Gasteiger partial charge in [-0.3, -0.25) is 14.5 Å². The van der Waals surface area contributed by atoms with E-state index in [-0.39, 0.29) is 11.5 Å². The fourth-order valence-electron chi connectivity index (χ4n) is 4.68. The third kappa shape index (κ3) is 4.69. The molecule has 0 aliphatic carbocycles. The first kappa shape index (κ1) is 22.4. The van der Waals surface area contributed by atoms with E-state index in [0.717, 1.165) is 44.7 Å². The number of amides is 2. The molecule has 2 heterocycles. The molecule has 2 saturated heterocycles. The monoisotopic (exact) mass is 438 g/mol. The molecule has 1 N–H and O–H groups in total. The van der Waals surface area contributed by atoms with Gasteiger partial charge in [-0.05, 0) is 43.7 Å². The number of benzene rings is 2. The van der Waals surface area contributed by atoms with E-state index in [4.69, 9.17) is 0 Å². The number of piperazine rings is 1. The maximum absolute atomic E-state index is 14.1. The largest absolute Gasteiger partial charge is 0.337 e. The Bertz CT molecular complexity index is 988. The van der Waals surface area contributed by atoms with Crippen LogP contribution in [0.5, 0.6) is 0 Å². The molecular formula is C25H31FN4O2. The lowest BCUT2D eigenvalue weighted by Crippen LogP contribution is -2.51. The van der Waals surface area contributed by atoms with Gasteiger partial charge in [0.05, 0.1) is 16.8 Å². The lowest BCUT2D eigenvalue weighted by atomic mass is 10.1. The van der Waals surface area contributed by atoms with E-state index in [2.05, 4.69) is 22.0 Å². The lowest BCUT2D eigenvalue weighted by Gasteiger charge is -2.37. The molecule has 32 heavy (non-hydrogen) atoms. The second kappa shape index (κ2) is 9.79. The van der Waals surface area contributed by atoms with Crippen LogP contribution in [0.2, 0.25) is 0 Å². The maximum Gasteiger partial charge on any atom is 0.258 e. The van der Waals surface area contributed by atoms with E-state index in [1.807, 2.05) is 24.0 Å². The number of carbonyl (C=O) groups is 2. The zero-order valence-electron chi connectivity index (χ0n) is 18.8. The van der Waals surface area contributed by atoms with Crippen molar-refractivity contribution in [3.05, 3.63) is 65.0 Å². The predicted octanol–water partition coefficient (Wildman–Crippen LogP) is 3.24. The molecule has 1 atom stereocenters. The van der Waals surface area contributed by atoms with E-state index in [9.17, 15) is 14.0 Å². The van der Waals surface area contributed by atoms with Gasteiger partial charge in [0.25, 0.3) is 11.8 Å². The molecule has 1 unspecified atom stereocenters. The number of likely N-dealkylation sites (tertiary alicyclic amines) is 1. The van der Waals surface area contributed by atoms with Crippen molar-refractivity contribution in [1.82, 2.24) is 14.7 Å². The molecule has 0 bridgehead atoms. The van der Waals surface area contributed by atoms with E-state index in [0.29, 0.717) is 30.4 Å². The molecule has 2 amide bonds. The molecule has 170 valence electrons. The third-order valence-corrected chi connectivity index (χ3v) is 6.68. The van der Waals surface area contributed by atoms with Crippen molar-refractivity contribution in [3.8, 4) is 0 Å². The molecule has 0 saturated carbocycles. The van der Waals surface area contributed by atoms with E-state index in [1.165, 1.54) is 12.1 Å². The number of anilines is 1. The minimum absolute atomic E-state index is 0.0402. The molecular weight excluding hydrogens is 407 g/mol. The van der Waals surface area contributed by atoms with E-state index < -0.39 is 11.7 Å².